The lowest BCUT2D eigenvalue weighted by atomic mass is 10.1. The molecule has 0 spiro atoms. The van der Waals surface area contributed by atoms with Crippen molar-refractivity contribution in [2.75, 3.05) is 30.8 Å². The Hall–Kier alpha value is -2.74. The van der Waals surface area contributed by atoms with Crippen LogP contribution in [0.5, 0.6) is 11.5 Å². The number of hydrogen-bond acceptors (Lipinski definition) is 5. The third-order valence-corrected chi connectivity index (χ3v) is 5.85. The molecule has 0 heterocycles. The molecule has 2 rings (SSSR count). The standard InChI is InChI=1S/C21H28N2O5S/c1-15-8-6-11-20(16(15)2)28-13-12-22-21(24)17(3)23(29(5,25)26)18-9-7-10-19(14-18)27-4/h6-11,14,17H,12-13H2,1-5H3,(H,22,24)/t17-/m0/s1. The number of methoxy groups -OCH3 is 1. The zero-order chi connectivity index (χ0) is 21.6. The van der Waals surface area contributed by atoms with Crippen LogP contribution in [0.1, 0.15) is 18.1 Å². The molecule has 0 saturated heterocycles. The Morgan fingerprint density at radius 1 is 1.17 bits per heavy atom. The minimum absolute atomic E-state index is 0.256. The van der Waals surface area contributed by atoms with Gasteiger partial charge in [-0.2, -0.15) is 0 Å². The first kappa shape index (κ1) is 22.5. The average molecular weight is 421 g/mol. The van der Waals surface area contributed by atoms with Crippen LogP contribution in [-0.2, 0) is 14.8 Å². The van der Waals surface area contributed by atoms with E-state index < -0.39 is 22.0 Å². The number of carbonyl (C=O) groups excluding carboxylic acids is 1. The Bertz CT molecular complexity index is 959. The Morgan fingerprint density at radius 2 is 1.86 bits per heavy atom. The molecule has 0 aliphatic carbocycles. The molecule has 0 radical (unpaired) electrons. The van der Waals surface area contributed by atoms with E-state index in [-0.39, 0.29) is 13.2 Å². The first-order valence-corrected chi connectivity index (χ1v) is 11.1. The number of benzene rings is 2. The number of nitrogens with one attached hydrogen (secondary N) is 1. The molecule has 29 heavy (non-hydrogen) atoms. The van der Waals surface area contributed by atoms with Gasteiger partial charge in [-0.3, -0.25) is 9.10 Å². The van der Waals surface area contributed by atoms with E-state index in [1.807, 2.05) is 32.0 Å². The second-order valence-corrected chi connectivity index (χ2v) is 8.63. The molecule has 0 aliphatic heterocycles. The summed E-state index contributed by atoms with van der Waals surface area (Å²) in [5.74, 6) is 0.856. The summed E-state index contributed by atoms with van der Waals surface area (Å²) in [5.41, 5.74) is 2.54. The van der Waals surface area contributed by atoms with Crippen LogP contribution in [0, 0.1) is 13.8 Å². The number of nitrogens with zero attached hydrogens (tertiary/aromatic N) is 1. The highest BCUT2D eigenvalue weighted by Crippen LogP contribution is 2.25. The number of amides is 1. The van der Waals surface area contributed by atoms with Crippen molar-refractivity contribution in [2.45, 2.75) is 26.8 Å². The highest BCUT2D eigenvalue weighted by Gasteiger charge is 2.29. The predicted molar refractivity (Wildman–Crippen MR) is 114 cm³/mol. The molecule has 2 aromatic rings. The zero-order valence-corrected chi connectivity index (χ0v) is 18.2. The van der Waals surface area contributed by atoms with Crippen LogP contribution in [0.3, 0.4) is 0 Å². The Kier molecular flexibility index (Phi) is 7.50. The molecule has 0 aromatic heterocycles. The van der Waals surface area contributed by atoms with Crippen LogP contribution in [0.2, 0.25) is 0 Å². The maximum absolute atomic E-state index is 12.6. The second-order valence-electron chi connectivity index (χ2n) is 6.77. The van der Waals surface area contributed by atoms with Crippen molar-refractivity contribution in [2.24, 2.45) is 0 Å². The summed E-state index contributed by atoms with van der Waals surface area (Å²) < 4.78 is 36.7. The molecule has 0 saturated carbocycles. The van der Waals surface area contributed by atoms with Crippen molar-refractivity contribution in [3.63, 3.8) is 0 Å². The van der Waals surface area contributed by atoms with E-state index in [4.69, 9.17) is 9.47 Å². The van der Waals surface area contributed by atoms with Crippen molar-refractivity contribution in [3.8, 4) is 11.5 Å². The van der Waals surface area contributed by atoms with E-state index in [2.05, 4.69) is 5.32 Å². The van der Waals surface area contributed by atoms with Crippen molar-refractivity contribution in [3.05, 3.63) is 53.6 Å². The average Bonchev–Trinajstić information content (AvgIpc) is 2.67. The van der Waals surface area contributed by atoms with Gasteiger partial charge >= 0.3 is 0 Å². The minimum Gasteiger partial charge on any atom is -0.497 e. The van der Waals surface area contributed by atoms with Crippen LogP contribution in [0.15, 0.2) is 42.5 Å². The maximum Gasteiger partial charge on any atom is 0.243 e. The Labute approximate surface area is 172 Å². The summed E-state index contributed by atoms with van der Waals surface area (Å²) in [5, 5.41) is 2.74. The molecule has 1 atom stereocenters. The summed E-state index contributed by atoms with van der Waals surface area (Å²) in [4.78, 5) is 12.6. The number of hydrogen-bond donors (Lipinski definition) is 1. The monoisotopic (exact) mass is 420 g/mol. The molecule has 0 fully saturated rings. The summed E-state index contributed by atoms with van der Waals surface area (Å²) in [6, 6.07) is 11.4. The third-order valence-electron chi connectivity index (χ3n) is 4.61. The van der Waals surface area contributed by atoms with Crippen molar-refractivity contribution in [1.29, 1.82) is 0 Å². The molecule has 2 aromatic carbocycles. The molecule has 0 aliphatic rings. The Morgan fingerprint density at radius 3 is 2.52 bits per heavy atom. The lowest BCUT2D eigenvalue weighted by Gasteiger charge is -2.28. The molecular weight excluding hydrogens is 392 g/mol. The fourth-order valence-electron chi connectivity index (χ4n) is 2.92. The molecule has 8 heteroatoms. The van der Waals surface area contributed by atoms with Crippen molar-refractivity contribution < 1.29 is 22.7 Å². The highest BCUT2D eigenvalue weighted by molar-refractivity contribution is 7.92. The van der Waals surface area contributed by atoms with Gasteiger partial charge in [0.2, 0.25) is 15.9 Å². The highest BCUT2D eigenvalue weighted by atomic mass is 32.2. The van der Waals surface area contributed by atoms with E-state index in [1.165, 1.54) is 7.11 Å². The first-order valence-electron chi connectivity index (χ1n) is 9.25. The lowest BCUT2D eigenvalue weighted by molar-refractivity contribution is -0.121. The number of rotatable bonds is 9. The van der Waals surface area contributed by atoms with E-state index in [0.717, 1.165) is 27.4 Å². The zero-order valence-electron chi connectivity index (χ0n) is 17.4. The normalized spacial score (nSPS) is 12.2. The lowest BCUT2D eigenvalue weighted by Crippen LogP contribution is -2.48. The van der Waals surface area contributed by atoms with Crippen LogP contribution in [0.25, 0.3) is 0 Å². The fourth-order valence-corrected chi connectivity index (χ4v) is 4.09. The topological polar surface area (TPSA) is 84.9 Å². The van der Waals surface area contributed by atoms with Gasteiger partial charge in [-0.05, 0) is 50.1 Å². The van der Waals surface area contributed by atoms with E-state index in [9.17, 15) is 13.2 Å². The molecular formula is C21H28N2O5S. The first-order chi connectivity index (χ1) is 13.6. The van der Waals surface area contributed by atoms with Gasteiger partial charge in [-0.15, -0.1) is 0 Å². The van der Waals surface area contributed by atoms with Crippen LogP contribution >= 0.6 is 0 Å². The van der Waals surface area contributed by atoms with Crippen molar-refractivity contribution >= 4 is 21.6 Å². The summed E-state index contributed by atoms with van der Waals surface area (Å²) in [6.45, 7) is 6.06. The number of carbonyl (C=O) groups is 1. The van der Waals surface area contributed by atoms with E-state index in [0.29, 0.717) is 11.4 Å². The van der Waals surface area contributed by atoms with Gasteiger partial charge in [0.25, 0.3) is 0 Å². The molecule has 1 amide bonds. The third kappa shape index (κ3) is 5.87. The molecule has 7 nitrogen and oxygen atoms in total. The largest absolute Gasteiger partial charge is 0.497 e. The smallest absolute Gasteiger partial charge is 0.243 e. The SMILES string of the molecule is COc1cccc(N([C@@H](C)C(=O)NCCOc2cccc(C)c2C)S(C)(=O)=O)c1. The molecule has 0 unspecified atom stereocenters. The van der Waals surface area contributed by atoms with E-state index >= 15 is 0 Å². The minimum atomic E-state index is -3.69. The fraction of sp³-hybridized carbons (Fsp3) is 0.381. The summed E-state index contributed by atoms with van der Waals surface area (Å²) in [6.07, 6.45) is 1.07. The van der Waals surface area contributed by atoms with Gasteiger partial charge in [0, 0.05) is 6.07 Å². The summed E-state index contributed by atoms with van der Waals surface area (Å²) in [7, 11) is -2.19. The Balaban J connectivity index is 2.03. The quantitative estimate of drug-likeness (QED) is 0.631. The van der Waals surface area contributed by atoms with Gasteiger partial charge in [-0.25, -0.2) is 8.42 Å². The summed E-state index contributed by atoms with van der Waals surface area (Å²) >= 11 is 0. The van der Waals surface area contributed by atoms with Crippen LogP contribution in [-0.4, -0.2) is 46.9 Å². The second kappa shape index (κ2) is 9.65. The number of aryl methyl sites for hydroxylation is 1. The van der Waals surface area contributed by atoms with Gasteiger partial charge < -0.3 is 14.8 Å². The van der Waals surface area contributed by atoms with E-state index in [1.54, 1.807) is 31.2 Å². The molecule has 0 bridgehead atoms. The maximum atomic E-state index is 12.6. The van der Waals surface area contributed by atoms with Crippen LogP contribution < -0.4 is 19.1 Å². The van der Waals surface area contributed by atoms with Gasteiger partial charge in [-0.1, -0.05) is 18.2 Å². The van der Waals surface area contributed by atoms with Crippen molar-refractivity contribution in [1.82, 2.24) is 5.32 Å². The van der Waals surface area contributed by atoms with Gasteiger partial charge in [0.15, 0.2) is 0 Å². The molecule has 1 N–H and O–H groups in total. The number of sulfonamides is 1. The number of ether oxygens (including phenoxy) is 2. The number of anilines is 1. The molecule has 158 valence electrons. The predicted octanol–water partition coefficient (Wildman–Crippen LogP) is 2.66. The van der Waals surface area contributed by atoms with Gasteiger partial charge in [0.05, 0.1) is 25.6 Å². The van der Waals surface area contributed by atoms with Crippen LogP contribution in [0.4, 0.5) is 5.69 Å². The van der Waals surface area contributed by atoms with Gasteiger partial charge in [0.1, 0.15) is 24.1 Å².